The third-order valence-corrected chi connectivity index (χ3v) is 2.58. The molecule has 0 bridgehead atoms. The lowest BCUT2D eigenvalue weighted by molar-refractivity contribution is 0.440. The molecule has 2 aromatic rings. The molecule has 81 valence electrons. The van der Waals surface area contributed by atoms with Gasteiger partial charge >= 0.3 is 0 Å². The van der Waals surface area contributed by atoms with E-state index in [1.807, 2.05) is 18.2 Å². The SMILES string of the molecule is [CH2]c1ccccc1Oc1ccc(Br)cc1F. The average molecular weight is 280 g/mol. The number of rotatable bonds is 2. The normalized spacial score (nSPS) is 10.2. The van der Waals surface area contributed by atoms with E-state index < -0.39 is 5.82 Å². The zero-order chi connectivity index (χ0) is 11.5. The molecule has 0 heterocycles. The Morgan fingerprint density at radius 1 is 1.06 bits per heavy atom. The number of halogens is 2. The Morgan fingerprint density at radius 2 is 1.81 bits per heavy atom. The van der Waals surface area contributed by atoms with Crippen LogP contribution in [0.2, 0.25) is 0 Å². The molecule has 0 N–H and O–H groups in total. The molecule has 0 aliphatic heterocycles. The second kappa shape index (κ2) is 4.66. The molecule has 0 aliphatic carbocycles. The number of benzene rings is 2. The van der Waals surface area contributed by atoms with Crippen molar-refractivity contribution in [2.45, 2.75) is 0 Å². The van der Waals surface area contributed by atoms with Gasteiger partial charge in [-0.3, -0.25) is 0 Å². The van der Waals surface area contributed by atoms with Crippen LogP contribution in [0.25, 0.3) is 0 Å². The third kappa shape index (κ3) is 2.42. The van der Waals surface area contributed by atoms with Gasteiger partial charge in [0.25, 0.3) is 0 Å². The van der Waals surface area contributed by atoms with Crippen molar-refractivity contribution < 1.29 is 9.13 Å². The summed E-state index contributed by atoms with van der Waals surface area (Å²) < 4.78 is 19.6. The van der Waals surface area contributed by atoms with Crippen LogP contribution in [-0.2, 0) is 0 Å². The maximum absolute atomic E-state index is 13.5. The van der Waals surface area contributed by atoms with Crippen molar-refractivity contribution in [3.8, 4) is 11.5 Å². The van der Waals surface area contributed by atoms with E-state index in [2.05, 4.69) is 22.9 Å². The molecule has 0 atom stereocenters. The molecular weight excluding hydrogens is 271 g/mol. The highest BCUT2D eigenvalue weighted by atomic mass is 79.9. The summed E-state index contributed by atoms with van der Waals surface area (Å²) in [6, 6.07) is 11.9. The van der Waals surface area contributed by atoms with Gasteiger partial charge in [-0.25, -0.2) is 4.39 Å². The van der Waals surface area contributed by atoms with Gasteiger partial charge in [-0.1, -0.05) is 34.1 Å². The lowest BCUT2D eigenvalue weighted by Crippen LogP contribution is -1.90. The molecule has 0 amide bonds. The monoisotopic (exact) mass is 279 g/mol. The minimum absolute atomic E-state index is 0.194. The topological polar surface area (TPSA) is 9.23 Å². The summed E-state index contributed by atoms with van der Waals surface area (Å²) in [6.07, 6.45) is 0. The molecule has 0 fully saturated rings. The molecule has 1 nitrogen and oxygen atoms in total. The number of hydrogen-bond acceptors (Lipinski definition) is 1. The van der Waals surface area contributed by atoms with E-state index in [0.29, 0.717) is 10.2 Å². The Morgan fingerprint density at radius 3 is 2.50 bits per heavy atom. The lowest BCUT2D eigenvalue weighted by atomic mass is 10.2. The molecule has 0 unspecified atom stereocenters. The van der Waals surface area contributed by atoms with Crippen molar-refractivity contribution in [3.63, 3.8) is 0 Å². The fourth-order valence-electron chi connectivity index (χ4n) is 1.28. The first kappa shape index (κ1) is 11.1. The Labute approximate surface area is 102 Å². The lowest BCUT2D eigenvalue weighted by Gasteiger charge is -2.09. The first-order valence-electron chi connectivity index (χ1n) is 4.71. The summed E-state index contributed by atoms with van der Waals surface area (Å²) in [5.41, 5.74) is 0.727. The maximum Gasteiger partial charge on any atom is 0.166 e. The van der Waals surface area contributed by atoms with Crippen LogP contribution in [0, 0.1) is 12.7 Å². The van der Waals surface area contributed by atoms with Crippen LogP contribution >= 0.6 is 15.9 Å². The smallest absolute Gasteiger partial charge is 0.166 e. The largest absolute Gasteiger partial charge is 0.454 e. The number of ether oxygens (including phenoxy) is 1. The summed E-state index contributed by atoms with van der Waals surface area (Å²) in [6.45, 7) is 3.81. The molecule has 0 aliphatic rings. The molecule has 0 saturated carbocycles. The van der Waals surface area contributed by atoms with Gasteiger partial charge in [0.05, 0.1) is 0 Å². The standard InChI is InChI=1S/C13H9BrFO/c1-9-4-2-3-5-12(9)16-13-7-6-10(14)8-11(13)15/h2-8H,1H2. The van der Waals surface area contributed by atoms with E-state index in [1.165, 1.54) is 6.07 Å². The van der Waals surface area contributed by atoms with Gasteiger partial charge in [-0.15, -0.1) is 0 Å². The summed E-state index contributed by atoms with van der Waals surface area (Å²) in [5.74, 6) is 0.348. The van der Waals surface area contributed by atoms with Gasteiger partial charge in [0, 0.05) is 4.47 Å². The van der Waals surface area contributed by atoms with Crippen molar-refractivity contribution in [2.24, 2.45) is 0 Å². The molecule has 0 saturated heterocycles. The summed E-state index contributed by atoms with van der Waals surface area (Å²) in [4.78, 5) is 0. The highest BCUT2D eigenvalue weighted by Crippen LogP contribution is 2.28. The van der Waals surface area contributed by atoms with Gasteiger partial charge in [0.1, 0.15) is 5.75 Å². The van der Waals surface area contributed by atoms with Crippen LogP contribution in [0.5, 0.6) is 11.5 Å². The molecule has 0 aromatic heterocycles. The Balaban J connectivity index is 2.31. The van der Waals surface area contributed by atoms with Crippen molar-refractivity contribution >= 4 is 15.9 Å². The van der Waals surface area contributed by atoms with Crippen LogP contribution < -0.4 is 4.74 Å². The summed E-state index contributed by atoms with van der Waals surface area (Å²) >= 11 is 3.19. The van der Waals surface area contributed by atoms with Crippen LogP contribution in [-0.4, -0.2) is 0 Å². The van der Waals surface area contributed by atoms with E-state index in [4.69, 9.17) is 4.74 Å². The first-order valence-corrected chi connectivity index (χ1v) is 5.50. The van der Waals surface area contributed by atoms with Crippen molar-refractivity contribution in [3.05, 3.63) is 65.2 Å². The van der Waals surface area contributed by atoms with Gasteiger partial charge in [0.2, 0.25) is 0 Å². The molecule has 0 spiro atoms. The zero-order valence-electron chi connectivity index (χ0n) is 8.41. The molecule has 1 radical (unpaired) electrons. The average Bonchev–Trinajstić information content (AvgIpc) is 2.25. The van der Waals surface area contributed by atoms with Gasteiger partial charge in [0.15, 0.2) is 11.6 Å². The van der Waals surface area contributed by atoms with E-state index in [1.54, 1.807) is 18.2 Å². The minimum atomic E-state index is -0.405. The van der Waals surface area contributed by atoms with Crippen LogP contribution in [0.4, 0.5) is 4.39 Å². The van der Waals surface area contributed by atoms with E-state index in [-0.39, 0.29) is 5.75 Å². The molecule has 16 heavy (non-hydrogen) atoms. The fourth-order valence-corrected chi connectivity index (χ4v) is 1.61. The molecule has 2 rings (SSSR count). The van der Waals surface area contributed by atoms with Crippen LogP contribution in [0.3, 0.4) is 0 Å². The zero-order valence-corrected chi connectivity index (χ0v) is 10.00. The second-order valence-corrected chi connectivity index (χ2v) is 4.20. The van der Waals surface area contributed by atoms with Crippen molar-refractivity contribution in [2.75, 3.05) is 0 Å². The van der Waals surface area contributed by atoms with E-state index >= 15 is 0 Å². The summed E-state index contributed by atoms with van der Waals surface area (Å²) in [7, 11) is 0. The van der Waals surface area contributed by atoms with Crippen LogP contribution in [0.1, 0.15) is 5.56 Å². The first-order chi connectivity index (χ1) is 7.66. The van der Waals surface area contributed by atoms with Crippen LogP contribution in [0.15, 0.2) is 46.9 Å². The predicted octanol–water partition coefficient (Wildman–Crippen LogP) is 4.56. The van der Waals surface area contributed by atoms with Crippen molar-refractivity contribution in [1.29, 1.82) is 0 Å². The van der Waals surface area contributed by atoms with Gasteiger partial charge in [-0.2, -0.15) is 0 Å². The molecule has 3 heteroatoms. The Kier molecular flexibility index (Phi) is 3.25. The van der Waals surface area contributed by atoms with Gasteiger partial charge < -0.3 is 4.74 Å². The minimum Gasteiger partial charge on any atom is -0.454 e. The second-order valence-electron chi connectivity index (χ2n) is 3.28. The molecule has 2 aromatic carbocycles. The third-order valence-electron chi connectivity index (χ3n) is 2.09. The highest BCUT2D eigenvalue weighted by molar-refractivity contribution is 9.10. The maximum atomic E-state index is 13.5. The quantitative estimate of drug-likeness (QED) is 0.783. The van der Waals surface area contributed by atoms with Crippen molar-refractivity contribution in [1.82, 2.24) is 0 Å². The Hall–Kier alpha value is -1.35. The number of para-hydroxylation sites is 1. The van der Waals surface area contributed by atoms with Gasteiger partial charge in [-0.05, 0) is 36.8 Å². The fraction of sp³-hybridized carbons (Fsp3) is 0. The number of hydrogen-bond donors (Lipinski definition) is 0. The van der Waals surface area contributed by atoms with E-state index in [0.717, 1.165) is 5.56 Å². The molecular formula is C13H9BrFO. The highest BCUT2D eigenvalue weighted by Gasteiger charge is 2.06. The predicted molar refractivity (Wildman–Crippen MR) is 65.1 cm³/mol. The van der Waals surface area contributed by atoms with E-state index in [9.17, 15) is 4.39 Å². The summed E-state index contributed by atoms with van der Waals surface area (Å²) in [5, 5.41) is 0. The Bertz CT molecular complexity index is 511.